The summed E-state index contributed by atoms with van der Waals surface area (Å²) in [5, 5.41) is 13.0. The van der Waals surface area contributed by atoms with E-state index in [0.717, 1.165) is 11.3 Å². The number of halogens is 3. The largest absolute Gasteiger partial charge is 0.398 e. The molecule has 0 aliphatic rings. The Balaban J connectivity index is 2.35. The topological polar surface area (TPSA) is 41.6 Å². The van der Waals surface area contributed by atoms with E-state index in [4.69, 9.17) is 5.26 Å². The Morgan fingerprint density at radius 3 is 2.65 bits per heavy atom. The lowest BCUT2D eigenvalue weighted by Crippen LogP contribution is -2.10. The van der Waals surface area contributed by atoms with Gasteiger partial charge in [-0.1, -0.05) is 6.07 Å². The molecule has 0 N–H and O–H groups in total. The molecule has 2 aromatic rings. The molecule has 0 radical (unpaired) electrons. The van der Waals surface area contributed by atoms with Crippen molar-refractivity contribution in [2.45, 2.75) is 11.1 Å². The Morgan fingerprint density at radius 1 is 1.35 bits per heavy atom. The first-order valence-corrected chi connectivity index (χ1v) is 6.61. The number of thioether (sulfide) groups is 1. The first kappa shape index (κ1) is 14.5. The maximum absolute atomic E-state index is 12.3. The highest BCUT2D eigenvalue weighted by Crippen LogP contribution is 2.32. The molecule has 0 fully saturated rings. The van der Waals surface area contributed by atoms with E-state index >= 15 is 0 Å². The smallest absolute Gasteiger partial charge is 0.268 e. The minimum absolute atomic E-state index is 0.241. The van der Waals surface area contributed by atoms with Crippen LogP contribution in [0, 0.1) is 11.3 Å². The van der Waals surface area contributed by atoms with Crippen LogP contribution in [-0.4, -0.2) is 21.7 Å². The number of benzene rings is 1. The molecule has 20 heavy (non-hydrogen) atoms. The zero-order valence-corrected chi connectivity index (χ0v) is 11.3. The van der Waals surface area contributed by atoms with Gasteiger partial charge >= 0.3 is 6.18 Å². The Bertz CT molecular complexity index is 656. The fourth-order valence-corrected chi connectivity index (χ4v) is 2.51. The molecule has 0 spiro atoms. The minimum atomic E-state index is -4.26. The van der Waals surface area contributed by atoms with Crippen molar-refractivity contribution in [3.63, 3.8) is 0 Å². The van der Waals surface area contributed by atoms with Crippen molar-refractivity contribution in [1.82, 2.24) is 9.78 Å². The van der Waals surface area contributed by atoms with Crippen molar-refractivity contribution in [3.05, 3.63) is 36.0 Å². The molecule has 7 heteroatoms. The van der Waals surface area contributed by atoms with Crippen molar-refractivity contribution in [1.29, 1.82) is 5.26 Å². The van der Waals surface area contributed by atoms with Gasteiger partial charge in [0, 0.05) is 23.7 Å². The molecule has 1 aromatic carbocycles. The molecule has 0 aliphatic carbocycles. The average molecular weight is 297 g/mol. The van der Waals surface area contributed by atoms with Crippen molar-refractivity contribution in [2.75, 3.05) is 5.75 Å². The quantitative estimate of drug-likeness (QED) is 0.813. The molecule has 0 bridgehead atoms. The number of aromatic nitrogens is 2. The van der Waals surface area contributed by atoms with Gasteiger partial charge in [0.25, 0.3) is 0 Å². The number of nitrogens with zero attached hydrogens (tertiary/aromatic N) is 3. The summed E-state index contributed by atoms with van der Waals surface area (Å²) < 4.78 is 38.5. The summed E-state index contributed by atoms with van der Waals surface area (Å²) in [4.78, 5) is 0.323. The molecular formula is C13H10F3N3S. The van der Waals surface area contributed by atoms with Crippen LogP contribution >= 0.6 is 11.8 Å². The standard InChI is InChI=1S/C13H10F3N3S/c1-19-11(4-5-18-19)9-2-3-10(7-17)12(6-9)20-8-13(14,15)16/h2-6H,8H2,1H3. The fourth-order valence-electron chi connectivity index (χ4n) is 1.71. The molecule has 0 amide bonds. The third-order valence-electron chi connectivity index (χ3n) is 2.61. The van der Waals surface area contributed by atoms with Crippen LogP contribution in [0.2, 0.25) is 0 Å². The maximum Gasteiger partial charge on any atom is 0.398 e. The summed E-state index contributed by atoms with van der Waals surface area (Å²) in [6, 6.07) is 8.49. The Hall–Kier alpha value is -1.94. The summed E-state index contributed by atoms with van der Waals surface area (Å²) >= 11 is 0.619. The fraction of sp³-hybridized carbons (Fsp3) is 0.231. The van der Waals surface area contributed by atoms with Gasteiger partial charge in [0.2, 0.25) is 0 Å². The van der Waals surface area contributed by atoms with Gasteiger partial charge in [0.1, 0.15) is 6.07 Å². The predicted octanol–water partition coefficient (Wildman–Crippen LogP) is 3.61. The van der Waals surface area contributed by atoms with E-state index < -0.39 is 11.9 Å². The maximum atomic E-state index is 12.3. The third-order valence-corrected chi connectivity index (χ3v) is 3.73. The Kier molecular flexibility index (Phi) is 4.04. The lowest BCUT2D eigenvalue weighted by Gasteiger charge is -2.09. The number of rotatable bonds is 3. The van der Waals surface area contributed by atoms with E-state index in [2.05, 4.69) is 5.10 Å². The second-order valence-electron chi connectivity index (χ2n) is 4.07. The number of alkyl halides is 3. The number of hydrogen-bond donors (Lipinski definition) is 0. The molecule has 3 nitrogen and oxygen atoms in total. The first-order valence-electron chi connectivity index (χ1n) is 5.63. The van der Waals surface area contributed by atoms with Crippen LogP contribution in [0.1, 0.15) is 5.56 Å². The average Bonchev–Trinajstić information content (AvgIpc) is 2.81. The molecule has 2 rings (SSSR count). The van der Waals surface area contributed by atoms with E-state index in [-0.39, 0.29) is 5.56 Å². The molecule has 0 saturated carbocycles. The van der Waals surface area contributed by atoms with Crippen molar-refractivity contribution in [2.24, 2.45) is 7.05 Å². The Morgan fingerprint density at radius 2 is 2.10 bits per heavy atom. The van der Waals surface area contributed by atoms with Crippen LogP contribution in [0.3, 0.4) is 0 Å². The summed E-state index contributed by atoms with van der Waals surface area (Å²) in [6.07, 6.45) is -2.66. The monoisotopic (exact) mass is 297 g/mol. The highest BCUT2D eigenvalue weighted by molar-refractivity contribution is 7.99. The van der Waals surface area contributed by atoms with Crippen LogP contribution in [0.4, 0.5) is 13.2 Å². The lowest BCUT2D eigenvalue weighted by molar-refractivity contribution is -0.105. The van der Waals surface area contributed by atoms with Crippen molar-refractivity contribution >= 4 is 11.8 Å². The van der Waals surface area contributed by atoms with E-state index in [1.54, 1.807) is 36.1 Å². The summed E-state index contributed by atoms with van der Waals surface area (Å²) in [5.74, 6) is -1.02. The molecular weight excluding hydrogens is 287 g/mol. The normalized spacial score (nSPS) is 11.3. The Labute approximate surface area is 118 Å². The van der Waals surface area contributed by atoms with Gasteiger partial charge in [0.05, 0.1) is 17.0 Å². The lowest BCUT2D eigenvalue weighted by atomic mass is 10.1. The van der Waals surface area contributed by atoms with E-state index in [1.807, 2.05) is 6.07 Å². The highest BCUT2D eigenvalue weighted by Gasteiger charge is 2.27. The summed E-state index contributed by atoms with van der Waals surface area (Å²) in [7, 11) is 1.75. The highest BCUT2D eigenvalue weighted by atomic mass is 32.2. The second-order valence-corrected chi connectivity index (χ2v) is 5.08. The molecule has 1 aromatic heterocycles. The van der Waals surface area contributed by atoms with Gasteiger partial charge in [0.15, 0.2) is 0 Å². The third kappa shape index (κ3) is 3.33. The number of hydrogen-bond acceptors (Lipinski definition) is 3. The van der Waals surface area contributed by atoms with Crippen LogP contribution in [0.15, 0.2) is 35.4 Å². The summed E-state index contributed by atoms with van der Waals surface area (Å²) in [5.41, 5.74) is 1.75. The second kappa shape index (κ2) is 5.59. The first-order chi connectivity index (χ1) is 9.40. The van der Waals surface area contributed by atoms with E-state index in [0.29, 0.717) is 16.7 Å². The van der Waals surface area contributed by atoms with Crippen molar-refractivity contribution in [3.8, 4) is 17.3 Å². The molecule has 0 saturated heterocycles. The van der Waals surface area contributed by atoms with Crippen LogP contribution in [0.25, 0.3) is 11.3 Å². The van der Waals surface area contributed by atoms with Crippen LogP contribution in [-0.2, 0) is 7.05 Å². The zero-order chi connectivity index (χ0) is 14.8. The van der Waals surface area contributed by atoms with Gasteiger partial charge in [-0.05, 0) is 18.2 Å². The van der Waals surface area contributed by atoms with Gasteiger partial charge < -0.3 is 0 Å². The summed E-state index contributed by atoms with van der Waals surface area (Å²) in [6.45, 7) is 0. The van der Waals surface area contributed by atoms with Gasteiger partial charge in [-0.15, -0.1) is 11.8 Å². The van der Waals surface area contributed by atoms with Crippen molar-refractivity contribution < 1.29 is 13.2 Å². The van der Waals surface area contributed by atoms with Gasteiger partial charge in [-0.3, -0.25) is 4.68 Å². The molecule has 0 unspecified atom stereocenters. The van der Waals surface area contributed by atoms with Gasteiger partial charge in [-0.25, -0.2) is 0 Å². The van der Waals surface area contributed by atoms with Crippen LogP contribution < -0.4 is 0 Å². The SMILES string of the molecule is Cn1nccc1-c1ccc(C#N)c(SCC(F)(F)F)c1. The predicted molar refractivity (Wildman–Crippen MR) is 70.1 cm³/mol. The zero-order valence-electron chi connectivity index (χ0n) is 10.5. The minimum Gasteiger partial charge on any atom is -0.268 e. The molecule has 1 heterocycles. The number of aryl methyl sites for hydroxylation is 1. The molecule has 0 atom stereocenters. The molecule has 104 valence electrons. The van der Waals surface area contributed by atoms with Gasteiger partial charge in [-0.2, -0.15) is 23.5 Å². The van der Waals surface area contributed by atoms with E-state index in [9.17, 15) is 13.2 Å². The number of nitriles is 1. The van der Waals surface area contributed by atoms with Crippen LogP contribution in [0.5, 0.6) is 0 Å². The van der Waals surface area contributed by atoms with E-state index in [1.165, 1.54) is 6.07 Å². The molecule has 0 aliphatic heterocycles.